The average Bonchev–Trinajstić information content (AvgIpc) is 3.21. The predicted molar refractivity (Wildman–Crippen MR) is 117 cm³/mol. The van der Waals surface area contributed by atoms with E-state index in [1.54, 1.807) is 55.5 Å². The minimum absolute atomic E-state index is 0.0116. The van der Waals surface area contributed by atoms with Gasteiger partial charge in [-0.2, -0.15) is 4.68 Å². The summed E-state index contributed by atoms with van der Waals surface area (Å²) in [5.41, 5.74) is 1.19. The Morgan fingerprint density at radius 3 is 2.66 bits per heavy atom. The van der Waals surface area contributed by atoms with E-state index in [2.05, 4.69) is 20.6 Å². The number of halogens is 1. The van der Waals surface area contributed by atoms with Gasteiger partial charge in [-0.15, -0.1) is 5.10 Å². The fourth-order valence-electron chi connectivity index (χ4n) is 3.01. The van der Waals surface area contributed by atoms with Crippen LogP contribution in [0.25, 0.3) is 16.9 Å². The van der Waals surface area contributed by atoms with Crippen molar-refractivity contribution < 1.29 is 14.3 Å². The van der Waals surface area contributed by atoms with Crippen LogP contribution in [0.5, 0.6) is 0 Å². The molecular formula is C21H17ClN6O4. The Bertz CT molecular complexity index is 1360. The molecule has 11 heteroatoms. The maximum absolute atomic E-state index is 12.8. The molecule has 2 aromatic carbocycles. The van der Waals surface area contributed by atoms with Crippen LogP contribution in [0.1, 0.15) is 17.3 Å². The molecule has 32 heavy (non-hydrogen) atoms. The zero-order chi connectivity index (χ0) is 22.7. The van der Waals surface area contributed by atoms with Gasteiger partial charge in [-0.05, 0) is 49.4 Å². The first-order valence-electron chi connectivity index (χ1n) is 9.60. The maximum Gasteiger partial charge on any atom is 0.338 e. The lowest BCUT2D eigenvalue weighted by molar-refractivity contribution is -0.116. The van der Waals surface area contributed by atoms with Gasteiger partial charge in [0.05, 0.1) is 17.9 Å². The summed E-state index contributed by atoms with van der Waals surface area (Å²) < 4.78 is 7.48. The smallest absolute Gasteiger partial charge is 0.338 e. The lowest BCUT2D eigenvalue weighted by Crippen LogP contribution is -2.28. The molecular weight excluding hydrogens is 436 g/mol. The predicted octanol–water partition coefficient (Wildman–Crippen LogP) is 2.45. The fraction of sp³-hybridized carbons (Fsp3) is 0.143. The van der Waals surface area contributed by atoms with Crippen molar-refractivity contribution in [3.05, 3.63) is 75.8 Å². The number of hydrogen-bond acceptors (Lipinski definition) is 7. The van der Waals surface area contributed by atoms with E-state index in [1.165, 1.54) is 11.0 Å². The van der Waals surface area contributed by atoms with E-state index in [9.17, 15) is 14.4 Å². The van der Waals surface area contributed by atoms with Crippen molar-refractivity contribution in [1.29, 1.82) is 0 Å². The molecule has 162 valence electrons. The van der Waals surface area contributed by atoms with Gasteiger partial charge in [-0.1, -0.05) is 22.9 Å². The number of carbonyl (C=O) groups excluding carboxylic acids is 2. The Labute approximate surface area is 186 Å². The SMILES string of the molecule is CCOC(=O)c1ccc(-n2nnc3c(=O)n(CC(=O)Nc4cccc(Cl)c4)cnc32)cc1. The van der Waals surface area contributed by atoms with Gasteiger partial charge in [0, 0.05) is 10.7 Å². The Morgan fingerprint density at radius 2 is 1.94 bits per heavy atom. The van der Waals surface area contributed by atoms with Gasteiger partial charge in [0.2, 0.25) is 5.91 Å². The molecule has 1 N–H and O–H groups in total. The Kier molecular flexibility index (Phi) is 5.95. The third kappa shape index (κ3) is 4.35. The molecule has 2 heterocycles. The van der Waals surface area contributed by atoms with Crippen molar-refractivity contribution in [2.45, 2.75) is 13.5 Å². The average molecular weight is 453 g/mol. The number of rotatable bonds is 6. The maximum atomic E-state index is 12.8. The molecule has 0 aliphatic carbocycles. The highest BCUT2D eigenvalue weighted by atomic mass is 35.5. The third-order valence-electron chi connectivity index (χ3n) is 4.47. The second kappa shape index (κ2) is 8.98. The van der Waals surface area contributed by atoms with Crippen molar-refractivity contribution >= 4 is 40.3 Å². The first kappa shape index (κ1) is 21.2. The zero-order valence-corrected chi connectivity index (χ0v) is 17.6. The highest BCUT2D eigenvalue weighted by Gasteiger charge is 2.15. The number of anilines is 1. The second-order valence-electron chi connectivity index (χ2n) is 6.68. The number of nitrogens with zero attached hydrogens (tertiary/aromatic N) is 5. The molecule has 0 saturated heterocycles. The van der Waals surface area contributed by atoms with Crippen LogP contribution in [0, 0.1) is 0 Å². The number of carbonyl (C=O) groups is 2. The van der Waals surface area contributed by atoms with Gasteiger partial charge in [0.15, 0.2) is 11.2 Å². The van der Waals surface area contributed by atoms with Gasteiger partial charge in [-0.25, -0.2) is 9.78 Å². The standard InChI is InChI=1S/C21H17ClN6O4/c1-2-32-21(31)13-6-8-16(9-7-13)28-19-18(25-26-28)20(30)27(12-23-19)11-17(29)24-15-5-3-4-14(22)10-15/h3-10,12H,2,11H2,1H3,(H,24,29). The number of nitrogens with one attached hydrogen (secondary N) is 1. The van der Waals surface area contributed by atoms with E-state index >= 15 is 0 Å². The molecule has 0 spiro atoms. The molecule has 0 saturated carbocycles. The normalized spacial score (nSPS) is 10.8. The summed E-state index contributed by atoms with van der Waals surface area (Å²) >= 11 is 5.91. The van der Waals surface area contributed by atoms with E-state index < -0.39 is 17.4 Å². The quantitative estimate of drug-likeness (QED) is 0.446. The Morgan fingerprint density at radius 1 is 1.16 bits per heavy atom. The molecule has 0 unspecified atom stereocenters. The van der Waals surface area contributed by atoms with Gasteiger partial charge in [-0.3, -0.25) is 14.2 Å². The zero-order valence-electron chi connectivity index (χ0n) is 16.9. The largest absolute Gasteiger partial charge is 0.462 e. The van der Waals surface area contributed by atoms with E-state index in [4.69, 9.17) is 16.3 Å². The number of esters is 1. The Balaban J connectivity index is 1.56. The van der Waals surface area contributed by atoms with Gasteiger partial charge >= 0.3 is 5.97 Å². The van der Waals surface area contributed by atoms with Crippen LogP contribution in [0.3, 0.4) is 0 Å². The highest BCUT2D eigenvalue weighted by molar-refractivity contribution is 6.30. The van der Waals surface area contributed by atoms with Crippen LogP contribution in [0.2, 0.25) is 5.02 Å². The number of hydrogen-bond donors (Lipinski definition) is 1. The van der Waals surface area contributed by atoms with Crippen molar-refractivity contribution in [2.75, 3.05) is 11.9 Å². The van der Waals surface area contributed by atoms with E-state index in [0.29, 0.717) is 22.0 Å². The molecule has 4 aromatic rings. The first-order chi connectivity index (χ1) is 15.5. The summed E-state index contributed by atoms with van der Waals surface area (Å²) in [6.45, 7) is 1.75. The Hall–Kier alpha value is -4.05. The van der Waals surface area contributed by atoms with Crippen LogP contribution in [0.15, 0.2) is 59.7 Å². The molecule has 2 aromatic heterocycles. The lowest BCUT2D eigenvalue weighted by atomic mass is 10.2. The minimum Gasteiger partial charge on any atom is -0.462 e. The summed E-state index contributed by atoms with van der Waals surface area (Å²) in [5.74, 6) is -0.850. The van der Waals surface area contributed by atoms with Gasteiger partial charge < -0.3 is 10.1 Å². The topological polar surface area (TPSA) is 121 Å². The molecule has 1 amide bonds. The van der Waals surface area contributed by atoms with Gasteiger partial charge in [0.1, 0.15) is 12.9 Å². The number of aromatic nitrogens is 5. The third-order valence-corrected chi connectivity index (χ3v) is 4.71. The molecule has 0 fully saturated rings. The molecule has 0 aliphatic heterocycles. The van der Waals surface area contributed by atoms with E-state index in [-0.39, 0.29) is 24.3 Å². The van der Waals surface area contributed by atoms with Gasteiger partial charge in [0.25, 0.3) is 5.56 Å². The molecule has 10 nitrogen and oxygen atoms in total. The molecule has 0 bridgehead atoms. The van der Waals surface area contributed by atoms with E-state index in [0.717, 1.165) is 4.57 Å². The number of amides is 1. The summed E-state index contributed by atoms with van der Waals surface area (Å²) in [6.07, 6.45) is 1.26. The summed E-state index contributed by atoms with van der Waals surface area (Å²) in [7, 11) is 0. The second-order valence-corrected chi connectivity index (χ2v) is 7.11. The van der Waals surface area contributed by atoms with Crippen LogP contribution in [-0.4, -0.2) is 43.0 Å². The number of benzene rings is 2. The van der Waals surface area contributed by atoms with Crippen molar-refractivity contribution in [3.63, 3.8) is 0 Å². The van der Waals surface area contributed by atoms with Crippen LogP contribution in [-0.2, 0) is 16.1 Å². The molecule has 0 aliphatic rings. The first-order valence-corrected chi connectivity index (χ1v) is 9.98. The summed E-state index contributed by atoms with van der Waals surface area (Å²) in [6, 6.07) is 13.1. The fourth-order valence-corrected chi connectivity index (χ4v) is 3.20. The van der Waals surface area contributed by atoms with Crippen molar-refractivity contribution in [1.82, 2.24) is 24.5 Å². The lowest BCUT2D eigenvalue weighted by Gasteiger charge is -2.07. The number of fused-ring (bicyclic) bond motifs is 1. The summed E-state index contributed by atoms with van der Waals surface area (Å²) in [5, 5.41) is 11.1. The number of ether oxygens (including phenoxy) is 1. The van der Waals surface area contributed by atoms with Crippen LogP contribution < -0.4 is 10.9 Å². The molecule has 4 rings (SSSR count). The van der Waals surface area contributed by atoms with Crippen LogP contribution >= 0.6 is 11.6 Å². The van der Waals surface area contributed by atoms with Crippen molar-refractivity contribution in [3.8, 4) is 5.69 Å². The van der Waals surface area contributed by atoms with Crippen LogP contribution in [0.4, 0.5) is 5.69 Å². The highest BCUT2D eigenvalue weighted by Crippen LogP contribution is 2.15. The molecule has 0 radical (unpaired) electrons. The monoisotopic (exact) mass is 452 g/mol. The minimum atomic E-state index is -0.509. The molecule has 0 atom stereocenters. The van der Waals surface area contributed by atoms with E-state index in [1.807, 2.05) is 0 Å². The van der Waals surface area contributed by atoms with Crippen molar-refractivity contribution in [2.24, 2.45) is 0 Å². The summed E-state index contributed by atoms with van der Waals surface area (Å²) in [4.78, 5) is 41.1.